The topological polar surface area (TPSA) is 24.9 Å². The highest BCUT2D eigenvalue weighted by atomic mass is 79.9. The number of allylic oxidation sites excluding steroid dienone is 1. The van der Waals surface area contributed by atoms with Crippen molar-refractivity contribution in [3.8, 4) is 0 Å². The van der Waals surface area contributed by atoms with Gasteiger partial charge in [0, 0.05) is 6.04 Å². The van der Waals surface area contributed by atoms with E-state index in [-0.39, 0.29) is 0 Å². The molecule has 0 spiro atoms. The third kappa shape index (κ3) is 2.54. The molecule has 0 radical (unpaired) electrons. The molecule has 13 heavy (non-hydrogen) atoms. The standard InChI is InChI=1S/C9H11BrN2S/c10-8-6-11-9(13-8)12-7-4-2-1-3-5-7/h1-2,6-7H,3-5H2,(H,11,12). The van der Waals surface area contributed by atoms with Crippen LogP contribution in [0, 0.1) is 0 Å². The molecule has 0 amide bonds. The monoisotopic (exact) mass is 258 g/mol. The van der Waals surface area contributed by atoms with Crippen LogP contribution >= 0.6 is 27.3 Å². The molecule has 1 N–H and O–H groups in total. The van der Waals surface area contributed by atoms with Crippen LogP contribution in [0.4, 0.5) is 5.13 Å². The van der Waals surface area contributed by atoms with E-state index in [1.165, 1.54) is 12.8 Å². The Morgan fingerprint density at radius 3 is 3.08 bits per heavy atom. The number of anilines is 1. The molecule has 0 bridgehead atoms. The van der Waals surface area contributed by atoms with Gasteiger partial charge in [-0.1, -0.05) is 23.5 Å². The van der Waals surface area contributed by atoms with Crippen molar-refractivity contribution in [2.75, 3.05) is 5.32 Å². The highest BCUT2D eigenvalue weighted by molar-refractivity contribution is 9.11. The van der Waals surface area contributed by atoms with Gasteiger partial charge >= 0.3 is 0 Å². The fraction of sp³-hybridized carbons (Fsp3) is 0.444. The van der Waals surface area contributed by atoms with Gasteiger partial charge in [0.1, 0.15) is 0 Å². The van der Waals surface area contributed by atoms with Gasteiger partial charge in [0.15, 0.2) is 5.13 Å². The van der Waals surface area contributed by atoms with Crippen LogP contribution < -0.4 is 5.32 Å². The molecule has 1 aliphatic rings. The number of aromatic nitrogens is 1. The summed E-state index contributed by atoms with van der Waals surface area (Å²) in [7, 11) is 0. The van der Waals surface area contributed by atoms with Crippen LogP contribution in [-0.2, 0) is 0 Å². The molecule has 1 aliphatic carbocycles. The average molecular weight is 259 g/mol. The Labute approximate surface area is 90.2 Å². The molecule has 0 saturated heterocycles. The third-order valence-electron chi connectivity index (χ3n) is 2.07. The summed E-state index contributed by atoms with van der Waals surface area (Å²) in [4.78, 5) is 4.25. The summed E-state index contributed by atoms with van der Waals surface area (Å²) >= 11 is 5.05. The van der Waals surface area contributed by atoms with Gasteiger partial charge in [0.25, 0.3) is 0 Å². The molecule has 0 aliphatic heterocycles. The van der Waals surface area contributed by atoms with Gasteiger partial charge in [-0.25, -0.2) is 4.98 Å². The van der Waals surface area contributed by atoms with Crippen molar-refractivity contribution >= 4 is 32.4 Å². The van der Waals surface area contributed by atoms with E-state index in [0.717, 1.165) is 15.3 Å². The number of halogens is 1. The van der Waals surface area contributed by atoms with Crippen molar-refractivity contribution in [1.82, 2.24) is 4.98 Å². The smallest absolute Gasteiger partial charge is 0.183 e. The van der Waals surface area contributed by atoms with Crippen molar-refractivity contribution in [2.24, 2.45) is 0 Å². The van der Waals surface area contributed by atoms with Crippen LogP contribution in [0.15, 0.2) is 22.1 Å². The van der Waals surface area contributed by atoms with Crippen molar-refractivity contribution < 1.29 is 0 Å². The number of nitrogens with zero attached hydrogens (tertiary/aromatic N) is 1. The minimum absolute atomic E-state index is 0.572. The molecule has 70 valence electrons. The number of hydrogen-bond donors (Lipinski definition) is 1. The van der Waals surface area contributed by atoms with Crippen LogP contribution in [0.25, 0.3) is 0 Å². The second-order valence-electron chi connectivity index (χ2n) is 3.10. The molecule has 1 aromatic heterocycles. The fourth-order valence-corrected chi connectivity index (χ4v) is 2.60. The molecular weight excluding hydrogens is 248 g/mol. The zero-order valence-corrected chi connectivity index (χ0v) is 9.57. The Bertz CT molecular complexity index is 308. The van der Waals surface area contributed by atoms with Crippen molar-refractivity contribution in [3.63, 3.8) is 0 Å². The molecule has 0 saturated carbocycles. The van der Waals surface area contributed by atoms with Gasteiger partial charge in [-0.2, -0.15) is 0 Å². The van der Waals surface area contributed by atoms with E-state index < -0.39 is 0 Å². The zero-order chi connectivity index (χ0) is 9.10. The van der Waals surface area contributed by atoms with E-state index in [4.69, 9.17) is 0 Å². The SMILES string of the molecule is Brc1cnc(NC2CC=CCC2)s1. The summed E-state index contributed by atoms with van der Waals surface area (Å²) in [5.74, 6) is 0. The minimum atomic E-state index is 0.572. The van der Waals surface area contributed by atoms with E-state index in [0.29, 0.717) is 6.04 Å². The Kier molecular flexibility index (Phi) is 3.01. The lowest BCUT2D eigenvalue weighted by molar-refractivity contribution is 0.644. The number of nitrogens with one attached hydrogen (secondary N) is 1. The Balaban J connectivity index is 1.94. The van der Waals surface area contributed by atoms with E-state index in [1.807, 2.05) is 6.20 Å². The largest absolute Gasteiger partial charge is 0.358 e. The highest BCUT2D eigenvalue weighted by Crippen LogP contribution is 2.25. The van der Waals surface area contributed by atoms with Crippen LogP contribution in [0.1, 0.15) is 19.3 Å². The van der Waals surface area contributed by atoms with Crippen molar-refractivity contribution in [2.45, 2.75) is 25.3 Å². The lowest BCUT2D eigenvalue weighted by Crippen LogP contribution is -2.19. The summed E-state index contributed by atoms with van der Waals surface area (Å²) in [6.45, 7) is 0. The molecule has 0 fully saturated rings. The zero-order valence-electron chi connectivity index (χ0n) is 7.16. The first kappa shape index (κ1) is 9.21. The number of hydrogen-bond acceptors (Lipinski definition) is 3. The predicted molar refractivity (Wildman–Crippen MR) is 60.2 cm³/mol. The lowest BCUT2D eigenvalue weighted by atomic mass is 10.0. The lowest BCUT2D eigenvalue weighted by Gasteiger charge is -2.18. The first-order valence-corrected chi connectivity index (χ1v) is 5.98. The van der Waals surface area contributed by atoms with Gasteiger partial charge in [-0.3, -0.25) is 0 Å². The Morgan fingerprint density at radius 1 is 1.54 bits per heavy atom. The fourth-order valence-electron chi connectivity index (χ4n) is 1.42. The summed E-state index contributed by atoms with van der Waals surface area (Å²) < 4.78 is 1.08. The van der Waals surface area contributed by atoms with E-state index in [2.05, 4.69) is 38.4 Å². The normalized spacial score (nSPS) is 21.8. The molecule has 1 aromatic rings. The maximum Gasteiger partial charge on any atom is 0.183 e. The number of rotatable bonds is 2. The summed E-state index contributed by atoms with van der Waals surface area (Å²) in [5, 5.41) is 4.45. The first-order chi connectivity index (χ1) is 6.34. The van der Waals surface area contributed by atoms with Crippen molar-refractivity contribution in [3.05, 3.63) is 22.1 Å². The van der Waals surface area contributed by atoms with Gasteiger partial charge in [0.05, 0.1) is 9.98 Å². The van der Waals surface area contributed by atoms with Gasteiger partial charge in [-0.15, -0.1) is 0 Å². The quantitative estimate of drug-likeness (QED) is 0.823. The van der Waals surface area contributed by atoms with E-state index >= 15 is 0 Å². The van der Waals surface area contributed by atoms with Gasteiger partial charge < -0.3 is 5.32 Å². The molecule has 0 aromatic carbocycles. The van der Waals surface area contributed by atoms with E-state index in [9.17, 15) is 0 Å². The highest BCUT2D eigenvalue weighted by Gasteiger charge is 2.10. The molecule has 1 atom stereocenters. The van der Waals surface area contributed by atoms with Crippen LogP contribution in [0.5, 0.6) is 0 Å². The maximum absolute atomic E-state index is 4.25. The van der Waals surface area contributed by atoms with Crippen LogP contribution in [-0.4, -0.2) is 11.0 Å². The average Bonchev–Trinajstić information content (AvgIpc) is 2.53. The molecule has 1 unspecified atom stereocenters. The molecule has 4 heteroatoms. The molecule has 2 rings (SSSR count). The second kappa shape index (κ2) is 4.24. The number of thiazole rings is 1. The second-order valence-corrected chi connectivity index (χ2v) is 5.51. The van der Waals surface area contributed by atoms with Gasteiger partial charge in [0.2, 0.25) is 0 Å². The van der Waals surface area contributed by atoms with Crippen LogP contribution in [0.2, 0.25) is 0 Å². The first-order valence-electron chi connectivity index (χ1n) is 4.37. The maximum atomic E-state index is 4.25. The van der Waals surface area contributed by atoms with Crippen LogP contribution in [0.3, 0.4) is 0 Å². The third-order valence-corrected chi connectivity index (χ3v) is 3.48. The van der Waals surface area contributed by atoms with E-state index in [1.54, 1.807) is 11.3 Å². The Hall–Kier alpha value is -0.350. The van der Waals surface area contributed by atoms with Gasteiger partial charge in [-0.05, 0) is 35.2 Å². The summed E-state index contributed by atoms with van der Waals surface area (Å²) in [5.41, 5.74) is 0. The molecule has 2 nitrogen and oxygen atoms in total. The molecule has 1 heterocycles. The molecular formula is C9H11BrN2S. The summed E-state index contributed by atoms with van der Waals surface area (Å²) in [6.07, 6.45) is 9.85. The summed E-state index contributed by atoms with van der Waals surface area (Å²) in [6, 6.07) is 0.572. The predicted octanol–water partition coefficient (Wildman–Crippen LogP) is 3.43. The Morgan fingerprint density at radius 2 is 2.46 bits per heavy atom. The van der Waals surface area contributed by atoms with Crippen molar-refractivity contribution in [1.29, 1.82) is 0 Å². The minimum Gasteiger partial charge on any atom is -0.358 e.